The van der Waals surface area contributed by atoms with Gasteiger partial charge in [0.05, 0.1) is 0 Å². The third-order valence-corrected chi connectivity index (χ3v) is 4.39. The lowest BCUT2D eigenvalue weighted by molar-refractivity contribution is 0.0953. The van der Waals surface area contributed by atoms with E-state index in [0.717, 1.165) is 22.0 Å². The Bertz CT molecular complexity index is 1120. The maximum atomic E-state index is 12.5. The summed E-state index contributed by atoms with van der Waals surface area (Å²) in [6.07, 6.45) is 4.13. The van der Waals surface area contributed by atoms with Crippen molar-refractivity contribution in [1.82, 2.24) is 15.3 Å². The fourth-order valence-corrected chi connectivity index (χ4v) is 3.08. The smallest absolute Gasteiger partial charge is 0.256 e. The number of carbonyl (C=O) groups excluding carboxylic acids is 1. The van der Waals surface area contributed by atoms with E-state index in [0.29, 0.717) is 18.4 Å². The molecule has 2 aromatic carbocycles. The number of pyridine rings is 1. The van der Waals surface area contributed by atoms with Gasteiger partial charge in [0.25, 0.3) is 5.91 Å². The van der Waals surface area contributed by atoms with Crippen LogP contribution in [0, 0.1) is 0 Å². The molecule has 3 N–H and O–H groups in total. The number of nitrogens with one attached hydrogen (secondary N) is 3. The first-order valence-corrected chi connectivity index (χ1v) is 8.17. The molecule has 4 rings (SSSR count). The molecule has 0 saturated carbocycles. The molecule has 0 atom stereocenters. The molecular weight excluding hydrogens is 314 g/mol. The summed E-state index contributed by atoms with van der Waals surface area (Å²) in [5, 5.41) is 4.51. The maximum absolute atomic E-state index is 12.5. The highest BCUT2D eigenvalue weighted by molar-refractivity contribution is 5.97. The average molecular weight is 331 g/mol. The molecule has 2 aromatic heterocycles. The second-order valence-corrected chi connectivity index (χ2v) is 5.94. The second kappa shape index (κ2) is 6.28. The molecule has 0 radical (unpaired) electrons. The topological polar surface area (TPSA) is 77.8 Å². The number of aromatic amines is 2. The van der Waals surface area contributed by atoms with Crippen LogP contribution < -0.4 is 10.7 Å². The van der Waals surface area contributed by atoms with Gasteiger partial charge in [-0.25, -0.2) is 0 Å². The third-order valence-electron chi connectivity index (χ3n) is 4.39. The van der Waals surface area contributed by atoms with Crippen LogP contribution in [0.15, 0.2) is 65.7 Å². The monoisotopic (exact) mass is 331 g/mol. The minimum absolute atomic E-state index is 0.137. The first-order chi connectivity index (χ1) is 12.2. The van der Waals surface area contributed by atoms with Gasteiger partial charge in [-0.2, -0.15) is 0 Å². The molecule has 0 aliphatic rings. The molecule has 1 amide bonds. The summed E-state index contributed by atoms with van der Waals surface area (Å²) in [6, 6.07) is 15.2. The molecule has 0 unspecified atom stereocenters. The summed E-state index contributed by atoms with van der Waals surface area (Å²) in [5.41, 5.74) is 2.83. The molecule has 5 heteroatoms. The number of aromatic nitrogens is 2. The summed E-state index contributed by atoms with van der Waals surface area (Å²) in [6.45, 7) is 0.465. The summed E-state index contributed by atoms with van der Waals surface area (Å²) in [4.78, 5) is 31.0. The van der Waals surface area contributed by atoms with Gasteiger partial charge in [-0.15, -0.1) is 0 Å². The van der Waals surface area contributed by atoms with E-state index < -0.39 is 0 Å². The average Bonchev–Trinajstić information content (AvgIpc) is 3.05. The van der Waals surface area contributed by atoms with E-state index >= 15 is 0 Å². The lowest BCUT2D eigenvalue weighted by atomic mass is 10.1. The Labute approximate surface area is 143 Å². The quantitative estimate of drug-likeness (QED) is 0.537. The Morgan fingerprint density at radius 1 is 0.880 bits per heavy atom. The first kappa shape index (κ1) is 15.2. The predicted molar refractivity (Wildman–Crippen MR) is 98.9 cm³/mol. The number of hydrogen-bond acceptors (Lipinski definition) is 2. The van der Waals surface area contributed by atoms with Gasteiger partial charge in [-0.05, 0) is 30.2 Å². The van der Waals surface area contributed by atoms with E-state index in [9.17, 15) is 9.59 Å². The van der Waals surface area contributed by atoms with Gasteiger partial charge >= 0.3 is 0 Å². The number of amides is 1. The number of para-hydroxylation sites is 2. The Morgan fingerprint density at radius 3 is 2.32 bits per heavy atom. The van der Waals surface area contributed by atoms with Gasteiger partial charge in [0.1, 0.15) is 5.56 Å². The maximum Gasteiger partial charge on any atom is 0.256 e. The number of hydrogen-bond donors (Lipinski definition) is 3. The summed E-state index contributed by atoms with van der Waals surface area (Å²) < 4.78 is 0. The van der Waals surface area contributed by atoms with Gasteiger partial charge in [0.15, 0.2) is 0 Å². The van der Waals surface area contributed by atoms with E-state index in [2.05, 4.69) is 21.4 Å². The molecule has 124 valence electrons. The molecular formula is C20H17N3O2. The van der Waals surface area contributed by atoms with Crippen molar-refractivity contribution in [1.29, 1.82) is 0 Å². The molecule has 0 fully saturated rings. The van der Waals surface area contributed by atoms with Crippen molar-refractivity contribution < 1.29 is 4.79 Å². The zero-order chi connectivity index (χ0) is 17.2. The van der Waals surface area contributed by atoms with Gasteiger partial charge in [-0.3, -0.25) is 9.59 Å². The Balaban J connectivity index is 1.49. The molecule has 2 heterocycles. The van der Waals surface area contributed by atoms with Crippen LogP contribution >= 0.6 is 0 Å². The normalized spacial score (nSPS) is 11.0. The molecule has 5 nitrogen and oxygen atoms in total. The molecule has 0 spiro atoms. The molecule has 0 saturated heterocycles. The summed E-state index contributed by atoms with van der Waals surface area (Å²) >= 11 is 0. The fourth-order valence-electron chi connectivity index (χ4n) is 3.08. The van der Waals surface area contributed by atoms with Crippen molar-refractivity contribution in [2.24, 2.45) is 0 Å². The van der Waals surface area contributed by atoms with Crippen LogP contribution in [0.1, 0.15) is 15.9 Å². The number of fused-ring (bicyclic) bond motifs is 2. The molecule has 25 heavy (non-hydrogen) atoms. The zero-order valence-electron chi connectivity index (χ0n) is 13.5. The van der Waals surface area contributed by atoms with Crippen LogP contribution in [0.5, 0.6) is 0 Å². The van der Waals surface area contributed by atoms with Gasteiger partial charge in [0, 0.05) is 40.7 Å². The Hall–Kier alpha value is -3.34. The standard InChI is InChI=1S/C20H17N3O2/c24-19-15-6-2-4-8-18(15)23-12-16(19)20(25)21-10-9-13-11-22-17-7-3-1-5-14(13)17/h1-8,11-12,22H,9-10H2,(H,21,25)(H,23,24). The summed E-state index contributed by atoms with van der Waals surface area (Å²) in [5.74, 6) is -0.355. The van der Waals surface area contributed by atoms with E-state index in [-0.39, 0.29) is 16.9 Å². The number of H-pyrrole nitrogens is 2. The van der Waals surface area contributed by atoms with Crippen molar-refractivity contribution in [3.8, 4) is 0 Å². The minimum atomic E-state index is -0.355. The molecule has 0 aliphatic carbocycles. The van der Waals surface area contributed by atoms with Crippen LogP contribution in [0.2, 0.25) is 0 Å². The number of rotatable bonds is 4. The van der Waals surface area contributed by atoms with E-state index in [1.807, 2.05) is 36.5 Å². The highest BCUT2D eigenvalue weighted by atomic mass is 16.2. The molecule has 0 bridgehead atoms. The second-order valence-electron chi connectivity index (χ2n) is 5.94. The van der Waals surface area contributed by atoms with Gasteiger partial charge in [0.2, 0.25) is 5.43 Å². The fraction of sp³-hybridized carbons (Fsp3) is 0.100. The van der Waals surface area contributed by atoms with E-state index in [1.165, 1.54) is 6.20 Å². The SMILES string of the molecule is O=C(NCCc1c[nH]c2ccccc12)c1c[nH]c2ccccc2c1=O. The van der Waals surface area contributed by atoms with Crippen LogP contribution in [0.25, 0.3) is 21.8 Å². The third kappa shape index (κ3) is 2.80. The number of carbonyl (C=O) groups is 1. The van der Waals surface area contributed by atoms with Gasteiger partial charge in [-0.1, -0.05) is 30.3 Å². The van der Waals surface area contributed by atoms with Crippen molar-refractivity contribution >= 4 is 27.7 Å². The van der Waals surface area contributed by atoms with Crippen LogP contribution in [-0.4, -0.2) is 22.4 Å². The molecule has 4 aromatic rings. The van der Waals surface area contributed by atoms with E-state index in [4.69, 9.17) is 0 Å². The van der Waals surface area contributed by atoms with Gasteiger partial charge < -0.3 is 15.3 Å². The van der Waals surface area contributed by atoms with Crippen molar-refractivity contribution in [3.05, 3.63) is 82.3 Å². The highest BCUT2D eigenvalue weighted by Crippen LogP contribution is 2.17. The highest BCUT2D eigenvalue weighted by Gasteiger charge is 2.12. The van der Waals surface area contributed by atoms with Crippen molar-refractivity contribution in [3.63, 3.8) is 0 Å². The zero-order valence-corrected chi connectivity index (χ0v) is 13.5. The largest absolute Gasteiger partial charge is 0.361 e. The number of benzene rings is 2. The van der Waals surface area contributed by atoms with Crippen molar-refractivity contribution in [2.45, 2.75) is 6.42 Å². The lowest BCUT2D eigenvalue weighted by Gasteiger charge is -2.06. The Morgan fingerprint density at radius 2 is 1.52 bits per heavy atom. The predicted octanol–water partition coefficient (Wildman–Crippen LogP) is 2.98. The Kier molecular flexibility index (Phi) is 3.82. The lowest BCUT2D eigenvalue weighted by Crippen LogP contribution is -2.30. The summed E-state index contributed by atoms with van der Waals surface area (Å²) in [7, 11) is 0. The van der Waals surface area contributed by atoms with Crippen LogP contribution in [-0.2, 0) is 6.42 Å². The van der Waals surface area contributed by atoms with E-state index in [1.54, 1.807) is 12.1 Å². The van der Waals surface area contributed by atoms with Crippen LogP contribution in [0.4, 0.5) is 0 Å². The first-order valence-electron chi connectivity index (χ1n) is 8.17. The van der Waals surface area contributed by atoms with Crippen LogP contribution in [0.3, 0.4) is 0 Å². The molecule has 0 aliphatic heterocycles. The minimum Gasteiger partial charge on any atom is -0.361 e. The van der Waals surface area contributed by atoms with Crippen molar-refractivity contribution in [2.75, 3.05) is 6.54 Å².